The highest BCUT2D eigenvalue weighted by Gasteiger charge is 2.31. The van der Waals surface area contributed by atoms with Crippen molar-refractivity contribution in [3.05, 3.63) is 95.4 Å². The van der Waals surface area contributed by atoms with Crippen molar-refractivity contribution in [1.82, 2.24) is 15.3 Å². The van der Waals surface area contributed by atoms with Crippen molar-refractivity contribution in [3.8, 4) is 11.1 Å². The van der Waals surface area contributed by atoms with Gasteiger partial charge in [-0.15, -0.1) is 0 Å². The zero-order chi connectivity index (χ0) is 27.6. The van der Waals surface area contributed by atoms with E-state index in [2.05, 4.69) is 25.9 Å². The van der Waals surface area contributed by atoms with Crippen LogP contribution in [0.2, 0.25) is 0 Å². The number of carbonyl (C=O) groups excluding carboxylic acids is 1. The number of halogens is 3. The Hall–Kier alpha value is -4.73. The quantitative estimate of drug-likeness (QED) is 0.193. The van der Waals surface area contributed by atoms with Crippen LogP contribution in [-0.2, 0) is 6.18 Å². The van der Waals surface area contributed by atoms with Crippen molar-refractivity contribution in [2.24, 2.45) is 0 Å². The van der Waals surface area contributed by atoms with Crippen LogP contribution in [-0.4, -0.2) is 29.1 Å². The van der Waals surface area contributed by atoms with Crippen molar-refractivity contribution in [2.45, 2.75) is 24.9 Å². The molecule has 1 aliphatic carbocycles. The fourth-order valence-corrected chi connectivity index (χ4v) is 4.33. The molecule has 1 heterocycles. The monoisotopic (exact) mass is 530 g/mol. The third-order valence-corrected chi connectivity index (χ3v) is 6.38. The SMILES string of the molecule is CN/C=C(\C=N)Nc1ncc2cc(-c3cc(C(=O)Nc4cccc(C(F)(F)F)c4)ccc3C3CC3)ccc2n1. The average Bonchev–Trinajstić information content (AvgIpc) is 3.77. The van der Waals surface area contributed by atoms with E-state index < -0.39 is 17.6 Å². The predicted molar refractivity (Wildman–Crippen MR) is 146 cm³/mol. The molecule has 1 amide bonds. The highest BCUT2D eigenvalue weighted by Crippen LogP contribution is 2.45. The van der Waals surface area contributed by atoms with E-state index in [9.17, 15) is 18.0 Å². The summed E-state index contributed by atoms with van der Waals surface area (Å²) in [5, 5.41) is 16.7. The molecule has 0 bridgehead atoms. The molecule has 0 spiro atoms. The van der Waals surface area contributed by atoms with E-state index in [-0.39, 0.29) is 5.69 Å². The highest BCUT2D eigenvalue weighted by molar-refractivity contribution is 6.05. The molecule has 10 heteroatoms. The molecule has 4 aromatic rings. The molecule has 4 N–H and O–H groups in total. The molecule has 0 atom stereocenters. The molecule has 1 aromatic heterocycles. The molecule has 0 aliphatic heterocycles. The van der Waals surface area contributed by atoms with Crippen LogP contribution in [0.5, 0.6) is 0 Å². The van der Waals surface area contributed by atoms with E-state index >= 15 is 0 Å². The van der Waals surface area contributed by atoms with Gasteiger partial charge in [-0.2, -0.15) is 13.2 Å². The molecule has 39 heavy (non-hydrogen) atoms. The molecule has 7 nitrogen and oxygen atoms in total. The topological polar surface area (TPSA) is 103 Å². The molecular weight excluding hydrogens is 505 g/mol. The second-order valence-electron chi connectivity index (χ2n) is 9.23. The van der Waals surface area contributed by atoms with Gasteiger partial charge in [0.2, 0.25) is 5.95 Å². The number of amides is 1. The van der Waals surface area contributed by atoms with E-state index in [1.165, 1.54) is 12.1 Å². The van der Waals surface area contributed by atoms with Crippen molar-refractivity contribution in [2.75, 3.05) is 17.7 Å². The van der Waals surface area contributed by atoms with Crippen LogP contribution >= 0.6 is 0 Å². The van der Waals surface area contributed by atoms with Gasteiger partial charge in [0.1, 0.15) is 0 Å². The van der Waals surface area contributed by atoms with E-state index in [1.54, 1.807) is 31.6 Å². The van der Waals surface area contributed by atoms with E-state index in [0.717, 1.165) is 53.3 Å². The first-order valence-corrected chi connectivity index (χ1v) is 12.3. The van der Waals surface area contributed by atoms with Crippen LogP contribution in [0.15, 0.2) is 78.8 Å². The highest BCUT2D eigenvalue weighted by atomic mass is 19.4. The molecule has 5 rings (SSSR count). The Morgan fingerprint density at radius 3 is 2.59 bits per heavy atom. The smallest absolute Gasteiger partial charge is 0.392 e. The Morgan fingerprint density at radius 2 is 1.87 bits per heavy atom. The van der Waals surface area contributed by atoms with Crippen LogP contribution in [0.4, 0.5) is 24.8 Å². The Morgan fingerprint density at radius 1 is 1.05 bits per heavy atom. The lowest BCUT2D eigenvalue weighted by Gasteiger charge is -2.14. The largest absolute Gasteiger partial charge is 0.416 e. The molecule has 0 saturated heterocycles. The number of carbonyl (C=O) groups is 1. The summed E-state index contributed by atoms with van der Waals surface area (Å²) in [5.41, 5.74) is 3.70. The van der Waals surface area contributed by atoms with Crippen molar-refractivity contribution >= 4 is 34.7 Å². The normalized spacial score (nSPS) is 13.7. The lowest BCUT2D eigenvalue weighted by Crippen LogP contribution is -2.13. The number of rotatable bonds is 8. The number of hydrogen-bond donors (Lipinski definition) is 4. The Bertz CT molecular complexity index is 1590. The van der Waals surface area contributed by atoms with Crippen LogP contribution in [0.1, 0.15) is 40.2 Å². The van der Waals surface area contributed by atoms with Gasteiger partial charge in [-0.1, -0.05) is 18.2 Å². The van der Waals surface area contributed by atoms with Crippen LogP contribution < -0.4 is 16.0 Å². The first-order valence-electron chi connectivity index (χ1n) is 12.3. The zero-order valence-electron chi connectivity index (χ0n) is 20.9. The van der Waals surface area contributed by atoms with Gasteiger partial charge in [0.15, 0.2) is 0 Å². The Kier molecular flexibility index (Phi) is 7.02. The Labute approximate surface area is 222 Å². The third kappa shape index (κ3) is 5.90. The average molecular weight is 531 g/mol. The number of nitrogens with one attached hydrogen (secondary N) is 4. The number of nitrogens with zero attached hydrogens (tertiary/aromatic N) is 2. The number of hydrogen-bond acceptors (Lipinski definition) is 6. The van der Waals surface area contributed by atoms with E-state index in [1.807, 2.05) is 24.3 Å². The second-order valence-corrected chi connectivity index (χ2v) is 9.23. The maximum absolute atomic E-state index is 13.1. The van der Waals surface area contributed by atoms with Gasteiger partial charge in [-0.25, -0.2) is 9.97 Å². The van der Waals surface area contributed by atoms with Crippen molar-refractivity contribution in [1.29, 1.82) is 5.41 Å². The molecule has 1 saturated carbocycles. The Balaban J connectivity index is 1.45. The van der Waals surface area contributed by atoms with Crippen LogP contribution in [0.3, 0.4) is 0 Å². The number of alkyl halides is 3. The van der Waals surface area contributed by atoms with Gasteiger partial charge in [-0.3, -0.25) is 4.79 Å². The van der Waals surface area contributed by atoms with Crippen molar-refractivity contribution < 1.29 is 18.0 Å². The molecule has 0 radical (unpaired) electrons. The summed E-state index contributed by atoms with van der Waals surface area (Å²) in [6.07, 6.45) is 2.09. The number of anilines is 2. The summed E-state index contributed by atoms with van der Waals surface area (Å²) < 4.78 is 39.3. The standard InChI is InChI=1S/C29H25F3N6O/c1-34-16-23(14-33)37-28-35-15-20-11-18(8-10-26(20)38-28)25-12-19(7-9-24(25)17-5-6-17)27(39)36-22-4-2-3-21(13-22)29(30,31)32/h2-4,7-17,33-34H,5-6H2,1H3,(H,36,39)(H,35,37,38)/b23-16+,33-14?. The summed E-state index contributed by atoms with van der Waals surface area (Å²) in [6, 6.07) is 15.8. The number of aromatic nitrogens is 2. The van der Waals surface area contributed by atoms with Gasteiger partial charge in [0.25, 0.3) is 5.91 Å². The maximum atomic E-state index is 13.1. The van der Waals surface area contributed by atoms with Gasteiger partial charge >= 0.3 is 6.18 Å². The summed E-state index contributed by atoms with van der Waals surface area (Å²) in [5.74, 6) is 0.263. The summed E-state index contributed by atoms with van der Waals surface area (Å²) in [4.78, 5) is 21.9. The minimum absolute atomic E-state index is 0.0747. The van der Waals surface area contributed by atoms with Crippen molar-refractivity contribution in [3.63, 3.8) is 0 Å². The van der Waals surface area contributed by atoms with Gasteiger partial charge in [-0.05, 0) is 77.9 Å². The summed E-state index contributed by atoms with van der Waals surface area (Å²) >= 11 is 0. The number of allylic oxidation sites excluding steroid dienone is 1. The lowest BCUT2D eigenvalue weighted by molar-refractivity contribution is -0.137. The first kappa shape index (κ1) is 25.9. The second kappa shape index (κ2) is 10.6. The zero-order valence-corrected chi connectivity index (χ0v) is 20.9. The molecule has 1 fully saturated rings. The first-order chi connectivity index (χ1) is 18.7. The summed E-state index contributed by atoms with van der Waals surface area (Å²) in [6.45, 7) is 0. The third-order valence-electron chi connectivity index (χ3n) is 6.38. The van der Waals surface area contributed by atoms with E-state index in [0.29, 0.717) is 28.6 Å². The van der Waals surface area contributed by atoms with Gasteiger partial charge < -0.3 is 21.4 Å². The number of benzene rings is 3. The maximum Gasteiger partial charge on any atom is 0.416 e. The molecular formula is C29H25F3N6O. The van der Waals surface area contributed by atoms with Crippen LogP contribution in [0, 0.1) is 5.41 Å². The minimum Gasteiger partial charge on any atom is -0.392 e. The van der Waals surface area contributed by atoms with E-state index in [4.69, 9.17) is 5.41 Å². The van der Waals surface area contributed by atoms with Gasteiger partial charge in [0, 0.05) is 42.3 Å². The predicted octanol–water partition coefficient (Wildman–Crippen LogP) is 6.57. The molecule has 198 valence electrons. The van der Waals surface area contributed by atoms with Gasteiger partial charge in [0.05, 0.1) is 16.8 Å². The molecule has 3 aromatic carbocycles. The lowest BCUT2D eigenvalue weighted by atomic mass is 9.93. The fraction of sp³-hybridized carbons (Fsp3) is 0.172. The molecule has 0 unspecified atom stereocenters. The summed E-state index contributed by atoms with van der Waals surface area (Å²) in [7, 11) is 1.73. The molecule has 1 aliphatic rings. The number of fused-ring (bicyclic) bond motifs is 1. The van der Waals surface area contributed by atoms with Crippen LogP contribution in [0.25, 0.3) is 22.0 Å². The fourth-order valence-electron chi connectivity index (χ4n) is 4.33. The minimum atomic E-state index is -4.50.